The number of carbonyl (C=O) groups excluding carboxylic acids is 9. The van der Waals surface area contributed by atoms with Crippen LogP contribution in [-0.4, -0.2) is 307 Å². The number of hydrogen-bond donors (Lipinski definition) is 5. The van der Waals surface area contributed by atoms with Gasteiger partial charge >= 0.3 is 11.9 Å². The molecule has 5 fully saturated rings. The molecule has 12 rings (SSSR count). The number of nitrogens with two attached hydrogens (primary N) is 1. The minimum absolute atomic E-state index is 0.00198. The van der Waals surface area contributed by atoms with Crippen molar-refractivity contribution in [1.82, 2.24) is 74.6 Å². The van der Waals surface area contributed by atoms with Crippen LogP contribution >= 0.6 is 0 Å². The van der Waals surface area contributed by atoms with Crippen molar-refractivity contribution in [1.29, 1.82) is 0 Å². The molecule has 6 aromatic rings. The number of Topliss-reactive ketones (excluding diaryl/α,β-unsaturated/α-hetero) is 4. The van der Waals surface area contributed by atoms with Crippen LogP contribution in [-0.2, 0) is 89.3 Å². The molecule has 5 aliphatic heterocycles. The topological polar surface area (TPSA) is 446 Å². The molecule has 3 amide bonds. The zero-order chi connectivity index (χ0) is 97.5. The number of ether oxygens (including phenoxy) is 8. The predicted octanol–water partition coefficient (Wildman–Crippen LogP) is 9.82. The van der Waals surface area contributed by atoms with E-state index in [1.807, 2.05) is 79.1 Å². The number of piperidine rings is 1. The number of cyclic esters (lactones) is 1. The van der Waals surface area contributed by atoms with E-state index in [9.17, 15) is 53.4 Å². The highest BCUT2D eigenvalue weighted by Crippen LogP contribution is 2.40. The van der Waals surface area contributed by atoms with E-state index in [-0.39, 0.29) is 86.4 Å². The van der Waals surface area contributed by atoms with Gasteiger partial charge in [0.25, 0.3) is 11.7 Å². The minimum atomic E-state index is -2.47. The first kappa shape index (κ1) is 106. The molecule has 2 bridgehead atoms. The SMILES string of the molecule is CN1CCN(C(=O)CCOCCN2CCN(c3ncc(C(=O)CCCCCn4nc(-c5cnc6[nH]ccc6c5)c5c(N)ncnc54)cn3)CC2)CC1.CO[C@H]1C[C@@H]2CC[C@@H](C)[C@@](O)(O2)C(=O)C(=O)N2CCCC[C@H]2C(=O)O[C@H]([C@H](C)C[C@@H]2CC[C@@H](OC(=O)CCCOCCC(=O)NCc3cnc(C)nc3)[C@H](OC)C2)CC(=O)[C@H](C)/C=C(\C)[C@@H](O)[C@@H](OC)C(=O)[C@H](C)C[C@H](C)/C=C/C=C/C=C/1C. The van der Waals surface area contributed by atoms with Gasteiger partial charge in [-0.05, 0) is 152 Å². The maximum atomic E-state index is 14.7. The Morgan fingerprint density at radius 1 is 0.721 bits per heavy atom. The van der Waals surface area contributed by atoms with Crippen LogP contribution in [0.2, 0.25) is 0 Å². The van der Waals surface area contributed by atoms with Gasteiger partial charge in [-0.1, -0.05) is 77.5 Å². The Morgan fingerprint density at radius 3 is 2.21 bits per heavy atom. The fourth-order valence-corrected chi connectivity index (χ4v) is 18.6. The standard InChI is InChI=1S/C64H96N4O16.C36H47N13O3/c1-39-18-13-12-14-19-40(2)53(78-9)34-49-24-22-45(7)64(77,84-49)61(74)62(75)68-27-16-15-20-50(68)63(76)83-54(35-51(69)41(3)31-44(6)59(73)60(80-11)58(72)43(5)30-39)42(4)32-47-23-25-52(55(33-47)79-10)82-57(71)21-17-28-81-29-26-56(70)67-38-48-36-65-46(8)66-37-48;1-45-10-14-47(15-11-45)30(51)7-19-52-20-18-46-12-16-48(17-13-46)36-40-23-28(24-41-36)29(50)5-3-2-4-9-49-35-31(33(37)42-25-43-35)32(44-49)27-21-26-6-8-38-34(26)39-22-27/h12-14,18-19,31,36-37,39,41-43,45,47,49-50,52-55,59-60,73,77H,15-17,20-30,32-35,38H2,1-11H3,(H,67,70);6,8,21-25H,2-5,7,9-20H2,1H3,(H,38,39)(H2,37,42,43)/b14-12+,18-13+,40-19+,44-31+;/t39-,41-,42-,43-,45-,47+,49+,50+,52-,53+,54+,55-,59-,60+,64-;/m1./s1. The molecule has 15 atom stereocenters. The number of hydrogen-bond acceptors (Lipinski definition) is 31. The van der Waals surface area contributed by atoms with Crippen LogP contribution in [0.1, 0.15) is 199 Å². The van der Waals surface area contributed by atoms with Crippen LogP contribution in [0.4, 0.5) is 11.8 Å². The molecule has 1 saturated carbocycles. The van der Waals surface area contributed by atoms with Crippen molar-refractivity contribution in [2.45, 2.75) is 251 Å². The third kappa shape index (κ3) is 30.1. The van der Waals surface area contributed by atoms with Gasteiger partial charge in [-0.2, -0.15) is 5.10 Å². The second-order valence-corrected chi connectivity index (χ2v) is 37.5. The number of H-pyrrole nitrogens is 1. The van der Waals surface area contributed by atoms with E-state index in [0.717, 1.165) is 106 Å². The number of piperazine rings is 2. The van der Waals surface area contributed by atoms with E-state index < -0.39 is 102 Å². The number of aliphatic hydroxyl groups is 2. The highest BCUT2D eigenvalue weighted by atomic mass is 16.6. The number of ketones is 4. The van der Waals surface area contributed by atoms with E-state index in [1.54, 1.807) is 85.9 Å². The summed E-state index contributed by atoms with van der Waals surface area (Å²) in [5.74, 6) is -7.19. The zero-order valence-corrected chi connectivity index (χ0v) is 81.4. The van der Waals surface area contributed by atoms with Gasteiger partial charge in [-0.15, -0.1) is 0 Å². The molecule has 0 unspecified atom stereocenters. The third-order valence-electron chi connectivity index (χ3n) is 27.2. The number of unbranched alkanes of at least 4 members (excludes halogenated alkanes) is 2. The molecule has 0 spiro atoms. The lowest BCUT2D eigenvalue weighted by Crippen LogP contribution is -2.61. The Morgan fingerprint density at radius 2 is 1.47 bits per heavy atom. The van der Waals surface area contributed by atoms with Gasteiger partial charge in [0.15, 0.2) is 17.2 Å². The molecular formula is C100H143N17O19. The van der Waals surface area contributed by atoms with E-state index in [0.29, 0.717) is 155 Å². The molecule has 136 heavy (non-hydrogen) atoms. The van der Waals surface area contributed by atoms with Gasteiger partial charge in [0.05, 0.1) is 55.5 Å². The van der Waals surface area contributed by atoms with Gasteiger partial charge in [0.1, 0.15) is 65.6 Å². The van der Waals surface area contributed by atoms with E-state index in [2.05, 4.69) is 66.9 Å². The average molecular weight is 1890 g/mol. The lowest BCUT2D eigenvalue weighted by Gasteiger charge is -2.42. The van der Waals surface area contributed by atoms with E-state index >= 15 is 0 Å². The summed E-state index contributed by atoms with van der Waals surface area (Å²) in [7, 11) is 6.58. The second kappa shape index (κ2) is 52.4. The van der Waals surface area contributed by atoms with Crippen LogP contribution in [0.15, 0.2) is 103 Å². The number of pyridine rings is 1. The van der Waals surface area contributed by atoms with Crippen molar-refractivity contribution in [2.24, 2.45) is 35.5 Å². The van der Waals surface area contributed by atoms with Crippen molar-refractivity contribution in [3.05, 3.63) is 120 Å². The number of methoxy groups -OCH3 is 3. The van der Waals surface area contributed by atoms with Gasteiger partial charge in [0.2, 0.25) is 23.5 Å². The summed E-state index contributed by atoms with van der Waals surface area (Å²) < 4.78 is 49.1. The van der Waals surface area contributed by atoms with Crippen molar-refractivity contribution >= 4 is 86.6 Å². The Labute approximate surface area is 797 Å². The number of nitrogens with zero attached hydrogens (tertiary/aromatic N) is 14. The lowest BCUT2D eigenvalue weighted by molar-refractivity contribution is -0.265. The summed E-state index contributed by atoms with van der Waals surface area (Å²) in [4.78, 5) is 166. The molecule has 6 N–H and O–H groups in total. The maximum absolute atomic E-state index is 14.7. The first-order chi connectivity index (χ1) is 65.4. The highest BCUT2D eigenvalue weighted by molar-refractivity contribution is 6.39. The fraction of sp³-hybridized carbons (Fsp3) is 0.630. The highest BCUT2D eigenvalue weighted by Gasteiger charge is 2.53. The number of esters is 2. The smallest absolute Gasteiger partial charge is 0.329 e. The average Bonchev–Trinajstić information content (AvgIpc) is 1.78. The predicted molar refractivity (Wildman–Crippen MR) is 510 cm³/mol. The zero-order valence-electron chi connectivity index (χ0n) is 81.4. The first-order valence-electron chi connectivity index (χ1n) is 48.5. The first-order valence-corrected chi connectivity index (χ1v) is 48.5. The maximum Gasteiger partial charge on any atom is 0.329 e. The Hall–Kier alpha value is -10.4. The number of anilines is 2. The molecule has 4 saturated heterocycles. The number of aryl methyl sites for hydroxylation is 2. The molecule has 6 aliphatic rings. The molecular weight excluding hydrogens is 1740 g/mol. The summed E-state index contributed by atoms with van der Waals surface area (Å²) >= 11 is 0. The van der Waals surface area contributed by atoms with Gasteiger partial charge < -0.3 is 83.7 Å². The number of likely N-dealkylation sites (N-methyl/N-ethyl adjacent to an activating group) is 1. The van der Waals surface area contributed by atoms with Gasteiger partial charge in [0, 0.05) is 210 Å². The number of allylic oxidation sites excluding steroid dienone is 6. The number of carbonyl (C=O) groups is 9. The molecule has 742 valence electrons. The molecule has 36 heteroatoms. The number of nitrogen functional groups attached to an aromatic ring is 1. The van der Waals surface area contributed by atoms with Crippen molar-refractivity contribution < 1.29 is 91.3 Å². The summed E-state index contributed by atoms with van der Waals surface area (Å²) in [6.45, 7) is 24.6. The Balaban J connectivity index is 0.000000290. The van der Waals surface area contributed by atoms with Gasteiger partial charge in [-0.3, -0.25) is 43.3 Å². The third-order valence-corrected chi connectivity index (χ3v) is 27.2. The number of aromatic nitrogens is 10. The Bertz CT molecular complexity index is 5070. The summed E-state index contributed by atoms with van der Waals surface area (Å²) in [5, 5.41) is 33.0. The molecule has 0 radical (unpaired) electrons. The van der Waals surface area contributed by atoms with Crippen LogP contribution in [0.25, 0.3) is 33.3 Å². The Kier molecular flexibility index (Phi) is 40.8. The van der Waals surface area contributed by atoms with Crippen LogP contribution in [0, 0.1) is 42.4 Å². The number of aromatic amines is 1. The second-order valence-electron chi connectivity index (χ2n) is 37.5. The summed E-state index contributed by atoms with van der Waals surface area (Å²) in [5.41, 5.74) is 11.9. The van der Waals surface area contributed by atoms with Crippen LogP contribution in [0.5, 0.6) is 0 Å². The van der Waals surface area contributed by atoms with E-state index in [1.165, 1.54) is 18.3 Å². The molecule has 36 nitrogen and oxygen atoms in total. The van der Waals surface area contributed by atoms with Crippen LogP contribution in [0.3, 0.4) is 0 Å². The molecule has 6 aromatic heterocycles. The van der Waals surface area contributed by atoms with Crippen molar-refractivity contribution in [3.8, 4) is 11.3 Å². The van der Waals surface area contributed by atoms with Crippen molar-refractivity contribution in [3.63, 3.8) is 0 Å². The van der Waals surface area contributed by atoms with Gasteiger partial charge in [-0.25, -0.2) is 44.4 Å². The quantitative estimate of drug-likeness (QED) is 0.00888. The monoisotopic (exact) mass is 1890 g/mol. The number of aliphatic hydroxyl groups excluding tert-OH is 1. The number of fused-ring (bicyclic) bond motifs is 5. The fourth-order valence-electron chi connectivity index (χ4n) is 18.6. The summed E-state index contributed by atoms with van der Waals surface area (Å²) in [6, 6.07) is 2.80. The molecule has 0 aromatic carbocycles. The van der Waals surface area contributed by atoms with Crippen LogP contribution < -0.4 is 16.0 Å². The number of rotatable bonds is 31. The number of amides is 3. The summed E-state index contributed by atoms with van der Waals surface area (Å²) in [6.07, 6.45) is 26.0. The lowest BCUT2D eigenvalue weighted by atomic mass is 9.78. The minimum Gasteiger partial charge on any atom is -0.460 e. The van der Waals surface area contributed by atoms with Crippen molar-refractivity contribution in [2.75, 3.05) is 131 Å². The normalized spacial score (nSPS) is 26.9. The van der Waals surface area contributed by atoms with E-state index in [4.69, 9.17) is 48.7 Å². The molecule has 1 aliphatic carbocycles. The largest absolute Gasteiger partial charge is 0.460 e. The number of nitrogens with one attached hydrogen (secondary N) is 2. The molecule has 11 heterocycles.